The van der Waals surface area contributed by atoms with E-state index in [4.69, 9.17) is 0 Å². The summed E-state index contributed by atoms with van der Waals surface area (Å²) >= 11 is 0. The Morgan fingerprint density at radius 3 is 1.74 bits per heavy atom. The van der Waals surface area contributed by atoms with E-state index in [0.29, 0.717) is 0 Å². The first-order valence-electron chi connectivity index (χ1n) is 13.0. The van der Waals surface area contributed by atoms with E-state index in [9.17, 15) is 13.0 Å². The van der Waals surface area contributed by atoms with Crippen LogP contribution in [-0.4, -0.2) is 13.0 Å². The summed E-state index contributed by atoms with van der Waals surface area (Å²) in [5, 5.41) is 0. The number of rotatable bonds is 14. The zero-order chi connectivity index (χ0) is 25.4. The normalized spacial score (nSPS) is 13.3. The van der Waals surface area contributed by atoms with Gasteiger partial charge in [0.2, 0.25) is 0 Å². The minimum atomic E-state index is -4.27. The highest BCUT2D eigenvalue weighted by Gasteiger charge is 2.07. The molecule has 34 heavy (non-hydrogen) atoms. The van der Waals surface area contributed by atoms with Gasteiger partial charge in [0.1, 0.15) is 16.7 Å². The van der Waals surface area contributed by atoms with Crippen molar-refractivity contribution < 1.29 is 17.5 Å². The first kappa shape index (κ1) is 30.3. The van der Waals surface area contributed by atoms with Crippen molar-refractivity contribution in [1.82, 2.24) is 0 Å². The van der Waals surface area contributed by atoms with Gasteiger partial charge in [0.05, 0.1) is 4.90 Å². The van der Waals surface area contributed by atoms with Gasteiger partial charge in [-0.25, -0.2) is 13.0 Å². The molecule has 0 aliphatic rings. The lowest BCUT2D eigenvalue weighted by Crippen LogP contribution is -2.32. The average Bonchev–Trinajstić information content (AvgIpc) is 2.77. The van der Waals surface area contributed by atoms with Crippen molar-refractivity contribution in [2.45, 2.75) is 104 Å². The van der Waals surface area contributed by atoms with E-state index in [2.05, 4.69) is 62.9 Å². The van der Waals surface area contributed by atoms with Crippen LogP contribution in [0.3, 0.4) is 0 Å². The van der Waals surface area contributed by atoms with Gasteiger partial charge in [-0.15, -0.1) is 0 Å². The predicted molar refractivity (Wildman–Crippen MR) is 140 cm³/mol. The first-order valence-corrected chi connectivity index (χ1v) is 14.5. The Morgan fingerprint density at radius 1 is 0.735 bits per heavy atom. The van der Waals surface area contributed by atoms with Gasteiger partial charge in [0.25, 0.3) is 0 Å². The van der Waals surface area contributed by atoms with E-state index in [1.807, 2.05) is 6.92 Å². The summed E-state index contributed by atoms with van der Waals surface area (Å²) in [5.41, 5.74) is 0.928. The topological polar surface area (TPSA) is 61.1 Å². The molecule has 2 atom stereocenters. The molecule has 0 fully saturated rings. The molecule has 1 aromatic carbocycles. The van der Waals surface area contributed by atoms with Gasteiger partial charge in [0.15, 0.2) is 12.4 Å². The summed E-state index contributed by atoms with van der Waals surface area (Å²) in [6, 6.07) is 12.1. The van der Waals surface area contributed by atoms with Gasteiger partial charge < -0.3 is 4.55 Å². The number of aromatic nitrogens is 1. The summed E-state index contributed by atoms with van der Waals surface area (Å²) in [4.78, 5) is -0.178. The Labute approximate surface area is 209 Å². The molecule has 2 unspecified atom stereocenters. The quantitative estimate of drug-likeness (QED) is 0.159. The Bertz CT molecular complexity index is 864. The van der Waals surface area contributed by atoms with Gasteiger partial charge in [-0.05, 0) is 43.2 Å². The van der Waals surface area contributed by atoms with Crippen LogP contribution in [0.15, 0.2) is 59.8 Å². The van der Waals surface area contributed by atoms with Crippen LogP contribution in [-0.2, 0) is 16.7 Å². The number of hydrogen-bond acceptors (Lipinski definition) is 3. The molecule has 1 aromatic heterocycles. The smallest absolute Gasteiger partial charge is 0.168 e. The van der Waals surface area contributed by atoms with Crippen molar-refractivity contribution in [1.29, 1.82) is 0 Å². The summed E-state index contributed by atoms with van der Waals surface area (Å²) in [6.45, 7) is 12.5. The molecule has 0 saturated carbocycles. The number of nitrogens with zero attached hydrogens (tertiary/aromatic N) is 1. The van der Waals surface area contributed by atoms with Gasteiger partial charge in [-0.3, -0.25) is 0 Å². The molecule has 192 valence electrons. The molecule has 2 aromatic rings. The molecule has 0 bridgehead atoms. The fourth-order valence-corrected chi connectivity index (χ4v) is 4.52. The van der Waals surface area contributed by atoms with E-state index >= 15 is 0 Å². The lowest BCUT2D eigenvalue weighted by molar-refractivity contribution is -0.697. The summed E-state index contributed by atoms with van der Waals surface area (Å²) in [7, 11) is -4.27. The third-order valence-electron chi connectivity index (χ3n) is 6.32. The molecule has 4 nitrogen and oxygen atoms in total. The van der Waals surface area contributed by atoms with Gasteiger partial charge in [0, 0.05) is 18.6 Å². The second kappa shape index (κ2) is 16.8. The molecular weight excluding hydrogens is 442 g/mol. The minimum absolute atomic E-state index is 0.178. The standard InChI is InChI=1S/C22H40N.C7H8O3S/c1-20(2)12-10-14-22(4)16-11-15-21(3)13-6-9-19-23-17-7-5-8-18-23;1-6-2-4-7(5-3-6)11(8,9)10/h5,7-8,17-18,20-22H,6,9-16,19H2,1-4H3;2-5H,1H3,(H,8,9,10)/q+1;/p-1. The predicted octanol–water partition coefficient (Wildman–Crippen LogP) is 7.31. The van der Waals surface area contributed by atoms with Crippen LogP contribution in [0, 0.1) is 24.7 Å². The Morgan fingerprint density at radius 2 is 1.24 bits per heavy atom. The molecule has 0 spiro atoms. The number of aryl methyl sites for hydroxylation is 2. The van der Waals surface area contributed by atoms with Crippen LogP contribution in [0.5, 0.6) is 0 Å². The van der Waals surface area contributed by atoms with Crippen LogP contribution in [0.2, 0.25) is 0 Å². The van der Waals surface area contributed by atoms with Crippen LogP contribution in [0.4, 0.5) is 0 Å². The van der Waals surface area contributed by atoms with Gasteiger partial charge in [-0.2, -0.15) is 0 Å². The van der Waals surface area contributed by atoms with Crippen LogP contribution in [0.1, 0.15) is 91.0 Å². The molecule has 0 saturated heterocycles. The number of unbranched alkanes of at least 4 members (excludes halogenated alkanes) is 1. The average molecular weight is 490 g/mol. The SMILES string of the molecule is CC(C)CCCC(C)CCCC(C)CCCC[n+]1ccccc1.Cc1ccc(S(=O)(=O)[O-])cc1. The molecule has 0 aliphatic heterocycles. The summed E-state index contributed by atoms with van der Waals surface area (Å²) < 4.78 is 33.5. The molecular formula is C29H47NO3S. The van der Waals surface area contributed by atoms with Crippen molar-refractivity contribution in [3.8, 4) is 0 Å². The van der Waals surface area contributed by atoms with E-state index in [1.54, 1.807) is 12.1 Å². The van der Waals surface area contributed by atoms with Crippen molar-refractivity contribution in [3.05, 3.63) is 60.4 Å². The van der Waals surface area contributed by atoms with Crippen LogP contribution >= 0.6 is 0 Å². The van der Waals surface area contributed by atoms with Crippen molar-refractivity contribution in [2.24, 2.45) is 17.8 Å². The largest absolute Gasteiger partial charge is 0.744 e. The Hall–Kier alpha value is -1.72. The minimum Gasteiger partial charge on any atom is -0.744 e. The van der Waals surface area contributed by atoms with Crippen LogP contribution < -0.4 is 4.57 Å². The monoisotopic (exact) mass is 489 g/mol. The van der Waals surface area contributed by atoms with Crippen LogP contribution in [0.25, 0.3) is 0 Å². The molecule has 0 amide bonds. The third kappa shape index (κ3) is 15.2. The molecule has 0 radical (unpaired) electrons. The molecule has 0 aliphatic carbocycles. The van der Waals surface area contributed by atoms with Gasteiger partial charge in [-0.1, -0.05) is 96.4 Å². The number of pyridine rings is 1. The lowest BCUT2D eigenvalue weighted by Gasteiger charge is -2.14. The van der Waals surface area contributed by atoms with E-state index < -0.39 is 10.1 Å². The number of benzene rings is 1. The maximum Gasteiger partial charge on any atom is 0.168 e. The molecule has 1 heterocycles. The van der Waals surface area contributed by atoms with Gasteiger partial charge >= 0.3 is 0 Å². The molecule has 2 rings (SSSR count). The fourth-order valence-electron chi connectivity index (χ4n) is 4.05. The maximum absolute atomic E-state index is 10.4. The highest BCUT2D eigenvalue weighted by atomic mass is 32.2. The van der Waals surface area contributed by atoms with Crippen molar-refractivity contribution in [3.63, 3.8) is 0 Å². The zero-order valence-electron chi connectivity index (χ0n) is 22.1. The lowest BCUT2D eigenvalue weighted by atomic mass is 9.92. The van der Waals surface area contributed by atoms with E-state index in [0.717, 1.165) is 23.3 Å². The first-order chi connectivity index (χ1) is 16.1. The van der Waals surface area contributed by atoms with E-state index in [-0.39, 0.29) is 4.90 Å². The fraction of sp³-hybridized carbons (Fsp3) is 0.621. The number of hydrogen-bond donors (Lipinski definition) is 0. The second-order valence-corrected chi connectivity index (χ2v) is 11.7. The maximum atomic E-state index is 10.4. The Kier molecular flexibility index (Phi) is 15.0. The highest BCUT2D eigenvalue weighted by Crippen LogP contribution is 2.21. The van der Waals surface area contributed by atoms with Crippen molar-refractivity contribution >= 4 is 10.1 Å². The zero-order valence-corrected chi connectivity index (χ0v) is 22.9. The van der Waals surface area contributed by atoms with E-state index in [1.165, 1.54) is 76.5 Å². The Balaban J connectivity index is 0.000000437. The third-order valence-corrected chi connectivity index (χ3v) is 7.17. The molecule has 5 heteroatoms. The summed E-state index contributed by atoms with van der Waals surface area (Å²) in [5.74, 6) is 2.70. The summed E-state index contributed by atoms with van der Waals surface area (Å²) in [6.07, 6.45) is 17.0. The molecule has 0 N–H and O–H groups in total. The van der Waals surface area contributed by atoms with Crippen molar-refractivity contribution in [2.75, 3.05) is 0 Å². The highest BCUT2D eigenvalue weighted by molar-refractivity contribution is 7.85. The second-order valence-electron chi connectivity index (χ2n) is 10.3.